The Morgan fingerprint density at radius 3 is 3.15 bits per heavy atom. The molecule has 110 valence electrons. The summed E-state index contributed by atoms with van der Waals surface area (Å²) >= 11 is 6.24. The number of halogens is 1. The van der Waals surface area contributed by atoms with Gasteiger partial charge in [-0.25, -0.2) is 0 Å². The van der Waals surface area contributed by atoms with E-state index in [-0.39, 0.29) is 0 Å². The Kier molecular flexibility index (Phi) is 4.49. The summed E-state index contributed by atoms with van der Waals surface area (Å²) in [7, 11) is 0. The van der Waals surface area contributed by atoms with Gasteiger partial charge in [0.1, 0.15) is 5.75 Å². The third-order valence-corrected chi connectivity index (χ3v) is 4.66. The van der Waals surface area contributed by atoms with Crippen molar-refractivity contribution in [3.05, 3.63) is 28.3 Å². The molecule has 2 N–H and O–H groups in total. The van der Waals surface area contributed by atoms with Gasteiger partial charge in [0.05, 0.1) is 6.61 Å². The highest BCUT2D eigenvalue weighted by Crippen LogP contribution is 2.35. The summed E-state index contributed by atoms with van der Waals surface area (Å²) in [4.78, 5) is 2.57. The van der Waals surface area contributed by atoms with Crippen molar-refractivity contribution >= 4 is 11.6 Å². The Morgan fingerprint density at radius 1 is 1.40 bits per heavy atom. The molecule has 1 aromatic carbocycles. The quantitative estimate of drug-likeness (QED) is 0.907. The lowest BCUT2D eigenvalue weighted by molar-refractivity contribution is 0.228. The molecule has 0 aromatic heterocycles. The summed E-state index contributed by atoms with van der Waals surface area (Å²) in [5.41, 5.74) is 8.17. The van der Waals surface area contributed by atoms with E-state index < -0.39 is 0 Å². The fourth-order valence-electron chi connectivity index (χ4n) is 3.47. The van der Waals surface area contributed by atoms with Crippen LogP contribution in [0.1, 0.15) is 36.8 Å². The van der Waals surface area contributed by atoms with E-state index in [0.29, 0.717) is 6.04 Å². The second-order valence-corrected chi connectivity index (χ2v) is 6.29. The minimum atomic E-state index is 0.676. The number of hydrogen-bond acceptors (Lipinski definition) is 3. The molecule has 4 heteroatoms. The summed E-state index contributed by atoms with van der Waals surface area (Å²) in [5.74, 6) is 1.08. The van der Waals surface area contributed by atoms with Crippen molar-refractivity contribution in [3.8, 4) is 5.75 Å². The van der Waals surface area contributed by atoms with Crippen molar-refractivity contribution in [3.63, 3.8) is 0 Å². The topological polar surface area (TPSA) is 38.5 Å². The molecule has 0 bridgehead atoms. The smallest absolute Gasteiger partial charge is 0.127 e. The molecule has 20 heavy (non-hydrogen) atoms. The monoisotopic (exact) mass is 294 g/mol. The molecule has 0 saturated carbocycles. The lowest BCUT2D eigenvalue weighted by Gasteiger charge is -2.25. The zero-order chi connectivity index (χ0) is 13.9. The number of nitrogens with two attached hydrogens (primary N) is 1. The van der Waals surface area contributed by atoms with Crippen LogP contribution in [0, 0.1) is 0 Å². The van der Waals surface area contributed by atoms with Gasteiger partial charge in [-0.05, 0) is 56.5 Å². The van der Waals surface area contributed by atoms with E-state index in [4.69, 9.17) is 22.1 Å². The van der Waals surface area contributed by atoms with Crippen molar-refractivity contribution in [2.75, 3.05) is 19.7 Å². The minimum Gasteiger partial charge on any atom is -0.493 e. The Bertz CT molecular complexity index is 478. The lowest BCUT2D eigenvalue weighted by Crippen LogP contribution is -2.29. The molecule has 1 unspecified atom stereocenters. The first kappa shape index (κ1) is 14.2. The average molecular weight is 295 g/mol. The van der Waals surface area contributed by atoms with E-state index >= 15 is 0 Å². The Balaban J connectivity index is 1.74. The maximum atomic E-state index is 6.24. The summed E-state index contributed by atoms with van der Waals surface area (Å²) in [6, 6.07) is 4.79. The first-order chi connectivity index (χ1) is 9.78. The highest BCUT2D eigenvalue weighted by atomic mass is 35.5. The van der Waals surface area contributed by atoms with Crippen LogP contribution in [0.25, 0.3) is 0 Å². The SMILES string of the molecule is NCCCC1CCCN1Cc1cc(Cl)cc2c1OCC2. The molecule has 3 rings (SSSR count). The zero-order valence-electron chi connectivity index (χ0n) is 11.9. The molecule has 0 radical (unpaired) electrons. The minimum absolute atomic E-state index is 0.676. The van der Waals surface area contributed by atoms with Gasteiger partial charge in [-0.2, -0.15) is 0 Å². The number of benzene rings is 1. The predicted octanol–water partition coefficient (Wildman–Crippen LogP) is 2.98. The molecule has 1 fully saturated rings. The van der Waals surface area contributed by atoms with Gasteiger partial charge in [0.15, 0.2) is 0 Å². The van der Waals surface area contributed by atoms with Crippen molar-refractivity contribution < 1.29 is 4.74 Å². The number of ether oxygens (including phenoxy) is 1. The van der Waals surface area contributed by atoms with Crippen molar-refractivity contribution in [1.82, 2.24) is 4.90 Å². The van der Waals surface area contributed by atoms with Crippen LogP contribution < -0.4 is 10.5 Å². The molecule has 2 heterocycles. The standard InChI is InChI=1S/C16H23ClN2O/c17-14-9-12-5-8-20-16(12)13(10-14)11-19-7-2-4-15(19)3-1-6-18/h9-10,15H,1-8,11,18H2. The molecule has 1 saturated heterocycles. The zero-order valence-corrected chi connectivity index (χ0v) is 12.7. The Labute approximate surface area is 126 Å². The maximum absolute atomic E-state index is 6.24. The van der Waals surface area contributed by atoms with Gasteiger partial charge >= 0.3 is 0 Å². The number of rotatable bonds is 5. The first-order valence-corrected chi connectivity index (χ1v) is 8.04. The van der Waals surface area contributed by atoms with E-state index in [2.05, 4.69) is 11.0 Å². The van der Waals surface area contributed by atoms with Gasteiger partial charge in [0.25, 0.3) is 0 Å². The van der Waals surface area contributed by atoms with Crippen LogP contribution in [-0.2, 0) is 13.0 Å². The van der Waals surface area contributed by atoms with Crippen molar-refractivity contribution in [2.45, 2.75) is 44.7 Å². The summed E-state index contributed by atoms with van der Waals surface area (Å²) < 4.78 is 5.81. The fourth-order valence-corrected chi connectivity index (χ4v) is 3.73. The van der Waals surface area contributed by atoms with Crippen LogP contribution in [-0.4, -0.2) is 30.6 Å². The molecular formula is C16H23ClN2O. The highest BCUT2D eigenvalue weighted by Gasteiger charge is 2.26. The van der Waals surface area contributed by atoms with Crippen LogP contribution in [0.3, 0.4) is 0 Å². The molecule has 1 aromatic rings. The van der Waals surface area contributed by atoms with E-state index in [1.807, 2.05) is 6.07 Å². The number of fused-ring (bicyclic) bond motifs is 1. The van der Waals surface area contributed by atoms with Gasteiger partial charge < -0.3 is 10.5 Å². The van der Waals surface area contributed by atoms with E-state index in [1.54, 1.807) is 0 Å². The molecule has 0 amide bonds. The van der Waals surface area contributed by atoms with E-state index in [9.17, 15) is 0 Å². The van der Waals surface area contributed by atoms with Crippen molar-refractivity contribution in [1.29, 1.82) is 0 Å². The number of hydrogen-bond donors (Lipinski definition) is 1. The van der Waals surface area contributed by atoms with Crippen LogP contribution in [0.2, 0.25) is 5.02 Å². The van der Waals surface area contributed by atoms with E-state index in [0.717, 1.165) is 43.3 Å². The van der Waals surface area contributed by atoms with Gasteiger partial charge in [0, 0.05) is 29.6 Å². The number of nitrogens with zero attached hydrogens (tertiary/aromatic N) is 1. The molecular weight excluding hydrogens is 272 g/mol. The Morgan fingerprint density at radius 2 is 2.30 bits per heavy atom. The van der Waals surface area contributed by atoms with Gasteiger partial charge in [-0.3, -0.25) is 4.90 Å². The van der Waals surface area contributed by atoms with Crippen LogP contribution in [0.4, 0.5) is 0 Å². The summed E-state index contributed by atoms with van der Waals surface area (Å²) in [6.45, 7) is 3.72. The maximum Gasteiger partial charge on any atom is 0.127 e. The normalized spacial score (nSPS) is 22.0. The first-order valence-electron chi connectivity index (χ1n) is 7.66. The highest BCUT2D eigenvalue weighted by molar-refractivity contribution is 6.30. The summed E-state index contributed by atoms with van der Waals surface area (Å²) in [5, 5.41) is 0.835. The largest absolute Gasteiger partial charge is 0.493 e. The van der Waals surface area contributed by atoms with Crippen LogP contribution in [0.15, 0.2) is 12.1 Å². The van der Waals surface area contributed by atoms with Gasteiger partial charge in [-0.15, -0.1) is 0 Å². The predicted molar refractivity (Wildman–Crippen MR) is 82.4 cm³/mol. The Hall–Kier alpha value is -0.770. The third kappa shape index (κ3) is 2.95. The van der Waals surface area contributed by atoms with E-state index in [1.165, 1.54) is 36.9 Å². The van der Waals surface area contributed by atoms with Gasteiger partial charge in [-0.1, -0.05) is 11.6 Å². The third-order valence-electron chi connectivity index (χ3n) is 4.44. The molecule has 2 aliphatic heterocycles. The number of likely N-dealkylation sites (tertiary alicyclic amines) is 1. The van der Waals surface area contributed by atoms with Gasteiger partial charge in [0.2, 0.25) is 0 Å². The fraction of sp³-hybridized carbons (Fsp3) is 0.625. The molecule has 0 aliphatic carbocycles. The second-order valence-electron chi connectivity index (χ2n) is 5.85. The van der Waals surface area contributed by atoms with Crippen LogP contribution >= 0.6 is 11.6 Å². The lowest BCUT2D eigenvalue weighted by atomic mass is 10.1. The molecule has 0 spiro atoms. The molecule has 2 aliphatic rings. The molecule has 1 atom stereocenters. The average Bonchev–Trinajstić information content (AvgIpc) is 3.05. The van der Waals surface area contributed by atoms with Crippen LogP contribution in [0.5, 0.6) is 5.75 Å². The second kappa shape index (κ2) is 6.33. The molecule has 3 nitrogen and oxygen atoms in total. The summed E-state index contributed by atoms with van der Waals surface area (Å²) in [6.07, 6.45) is 5.90. The van der Waals surface area contributed by atoms with Crippen molar-refractivity contribution in [2.24, 2.45) is 5.73 Å².